The number of rotatable bonds is 3. The number of aromatic nitrogens is 4. The number of pyridine rings is 1. The van der Waals surface area contributed by atoms with E-state index in [0.29, 0.717) is 5.69 Å². The van der Waals surface area contributed by atoms with Gasteiger partial charge >= 0.3 is 0 Å². The van der Waals surface area contributed by atoms with E-state index in [1.54, 1.807) is 10.9 Å². The molecule has 150 valence electrons. The Morgan fingerprint density at radius 3 is 2.89 bits per heavy atom. The molecule has 3 heterocycles. The van der Waals surface area contributed by atoms with Crippen molar-refractivity contribution in [1.82, 2.24) is 30.6 Å². The van der Waals surface area contributed by atoms with Crippen LogP contribution in [0.5, 0.6) is 0 Å². The van der Waals surface area contributed by atoms with E-state index in [2.05, 4.69) is 32.9 Å². The number of carbonyl (C=O) groups is 1. The lowest BCUT2D eigenvalue weighted by atomic mass is 10.00. The smallest absolute Gasteiger partial charge is 0.274 e. The minimum atomic E-state index is -0.170. The van der Waals surface area contributed by atoms with Gasteiger partial charge in [-0.2, -0.15) is 0 Å². The summed E-state index contributed by atoms with van der Waals surface area (Å²) in [5, 5.41) is 16.9. The number of hydrogen-bond donors (Lipinski definition) is 2. The Labute approximate surface area is 176 Å². The summed E-state index contributed by atoms with van der Waals surface area (Å²) < 4.78 is 1.72. The molecule has 2 aromatic heterocycles. The van der Waals surface area contributed by atoms with Crippen molar-refractivity contribution in [3.8, 4) is 5.69 Å². The molecule has 1 fully saturated rings. The molecule has 0 aliphatic carbocycles. The molecule has 1 saturated heterocycles. The van der Waals surface area contributed by atoms with Gasteiger partial charge < -0.3 is 10.6 Å². The fraction of sp³-hybridized carbons (Fsp3) is 0.368. The molecule has 1 aliphatic rings. The SMILES string of the molecule is Cc1c(C(=O)NC2CCCNC2C)nnn1-c1cccc2cnccc12.Cl.Cl. The Kier molecular flexibility index (Phi) is 7.35. The van der Waals surface area contributed by atoms with Crippen LogP contribution >= 0.6 is 24.8 Å². The third kappa shape index (κ3) is 4.11. The van der Waals surface area contributed by atoms with Gasteiger partial charge in [-0.1, -0.05) is 17.3 Å². The fourth-order valence-corrected chi connectivity index (χ4v) is 3.54. The maximum atomic E-state index is 12.7. The molecule has 1 aliphatic heterocycles. The van der Waals surface area contributed by atoms with Crippen molar-refractivity contribution in [2.75, 3.05) is 6.54 Å². The van der Waals surface area contributed by atoms with E-state index in [1.165, 1.54) is 0 Å². The number of hydrogen-bond acceptors (Lipinski definition) is 5. The van der Waals surface area contributed by atoms with Crippen molar-refractivity contribution >= 4 is 41.5 Å². The molecule has 3 aromatic rings. The van der Waals surface area contributed by atoms with Gasteiger partial charge in [-0.3, -0.25) is 9.78 Å². The first kappa shape index (κ1) is 22.1. The van der Waals surface area contributed by atoms with Crippen LogP contribution in [0.2, 0.25) is 0 Å². The summed E-state index contributed by atoms with van der Waals surface area (Å²) >= 11 is 0. The highest BCUT2D eigenvalue weighted by molar-refractivity contribution is 5.94. The van der Waals surface area contributed by atoms with Crippen molar-refractivity contribution in [2.24, 2.45) is 0 Å². The number of carbonyl (C=O) groups excluding carboxylic acids is 1. The van der Waals surface area contributed by atoms with Crippen LogP contribution in [0.25, 0.3) is 16.5 Å². The van der Waals surface area contributed by atoms with Crippen LogP contribution in [0.15, 0.2) is 36.7 Å². The minimum absolute atomic E-state index is 0. The maximum absolute atomic E-state index is 12.7. The van der Waals surface area contributed by atoms with Crippen LogP contribution in [-0.2, 0) is 0 Å². The van der Waals surface area contributed by atoms with Crippen LogP contribution in [0, 0.1) is 6.92 Å². The summed E-state index contributed by atoms with van der Waals surface area (Å²) in [6.45, 7) is 4.97. The Morgan fingerprint density at radius 2 is 2.11 bits per heavy atom. The van der Waals surface area contributed by atoms with Gasteiger partial charge in [0.15, 0.2) is 5.69 Å². The van der Waals surface area contributed by atoms with Gasteiger partial charge in [0.05, 0.1) is 11.4 Å². The summed E-state index contributed by atoms with van der Waals surface area (Å²) in [6.07, 6.45) is 5.60. The first-order chi connectivity index (χ1) is 12.6. The van der Waals surface area contributed by atoms with Crippen LogP contribution in [0.4, 0.5) is 0 Å². The first-order valence-corrected chi connectivity index (χ1v) is 8.95. The normalized spacial score (nSPS) is 18.8. The molecule has 0 spiro atoms. The predicted octanol–water partition coefficient (Wildman–Crippen LogP) is 2.84. The van der Waals surface area contributed by atoms with E-state index in [9.17, 15) is 4.79 Å². The van der Waals surface area contributed by atoms with Gasteiger partial charge in [0.25, 0.3) is 5.91 Å². The lowest BCUT2D eigenvalue weighted by molar-refractivity contribution is 0.0914. The maximum Gasteiger partial charge on any atom is 0.274 e. The molecule has 9 heteroatoms. The zero-order valence-electron chi connectivity index (χ0n) is 15.8. The quantitative estimate of drug-likeness (QED) is 0.677. The Hall–Kier alpha value is -2.22. The van der Waals surface area contributed by atoms with Crippen LogP contribution in [-0.4, -0.2) is 44.5 Å². The molecule has 0 radical (unpaired) electrons. The van der Waals surface area contributed by atoms with E-state index >= 15 is 0 Å². The monoisotopic (exact) mass is 422 g/mol. The van der Waals surface area contributed by atoms with E-state index in [1.807, 2.05) is 37.4 Å². The highest BCUT2D eigenvalue weighted by Gasteiger charge is 2.25. The number of nitrogens with zero attached hydrogens (tertiary/aromatic N) is 4. The van der Waals surface area contributed by atoms with Gasteiger partial charge in [0, 0.05) is 35.2 Å². The predicted molar refractivity (Wildman–Crippen MR) is 114 cm³/mol. The third-order valence-corrected chi connectivity index (χ3v) is 5.07. The van der Waals surface area contributed by atoms with Crippen molar-refractivity contribution in [3.05, 3.63) is 48.0 Å². The van der Waals surface area contributed by atoms with E-state index < -0.39 is 0 Å². The number of amides is 1. The summed E-state index contributed by atoms with van der Waals surface area (Å²) in [7, 11) is 0. The van der Waals surface area contributed by atoms with Crippen molar-refractivity contribution < 1.29 is 4.79 Å². The summed E-state index contributed by atoms with van der Waals surface area (Å²) in [5.41, 5.74) is 1.98. The minimum Gasteiger partial charge on any atom is -0.346 e. The van der Waals surface area contributed by atoms with Gasteiger partial charge in [-0.25, -0.2) is 4.68 Å². The van der Waals surface area contributed by atoms with E-state index in [0.717, 1.165) is 41.5 Å². The molecule has 0 saturated carbocycles. The highest BCUT2D eigenvalue weighted by atomic mass is 35.5. The van der Waals surface area contributed by atoms with Gasteiger partial charge in [-0.15, -0.1) is 29.9 Å². The zero-order valence-corrected chi connectivity index (χ0v) is 17.4. The second kappa shape index (κ2) is 9.32. The fourth-order valence-electron chi connectivity index (χ4n) is 3.54. The molecule has 2 unspecified atom stereocenters. The Morgan fingerprint density at radius 1 is 1.29 bits per heavy atom. The summed E-state index contributed by atoms with van der Waals surface area (Å²) in [6, 6.07) is 8.25. The summed E-state index contributed by atoms with van der Waals surface area (Å²) in [4.78, 5) is 16.9. The molecular formula is C19H24Cl2N6O. The molecule has 2 atom stereocenters. The molecule has 1 amide bonds. The van der Waals surface area contributed by atoms with Crippen molar-refractivity contribution in [2.45, 2.75) is 38.8 Å². The molecule has 4 rings (SSSR count). The lowest BCUT2D eigenvalue weighted by Gasteiger charge is -2.30. The van der Waals surface area contributed by atoms with E-state index in [-0.39, 0.29) is 42.8 Å². The topological polar surface area (TPSA) is 84.7 Å². The number of benzene rings is 1. The molecule has 1 aromatic carbocycles. The van der Waals surface area contributed by atoms with E-state index in [4.69, 9.17) is 0 Å². The van der Waals surface area contributed by atoms with Gasteiger partial charge in [-0.05, 0) is 45.4 Å². The number of piperidine rings is 1. The third-order valence-electron chi connectivity index (χ3n) is 5.07. The van der Waals surface area contributed by atoms with Crippen LogP contribution in [0.1, 0.15) is 35.9 Å². The number of fused-ring (bicyclic) bond motifs is 1. The Balaban J connectivity index is 0.00000140. The molecule has 7 nitrogen and oxygen atoms in total. The van der Waals surface area contributed by atoms with Crippen LogP contribution < -0.4 is 10.6 Å². The second-order valence-corrected chi connectivity index (χ2v) is 6.77. The molecule has 2 N–H and O–H groups in total. The standard InChI is InChI=1S/C19H22N6O.2ClH/c1-12-16(6-4-9-21-12)22-19(26)18-13(2)25(24-23-18)17-7-3-5-14-11-20-10-8-15(14)17;;/h3,5,7-8,10-12,16,21H,4,6,9H2,1-2H3,(H,22,26);2*1H. The van der Waals surface area contributed by atoms with Crippen molar-refractivity contribution in [3.63, 3.8) is 0 Å². The van der Waals surface area contributed by atoms with Gasteiger partial charge in [0.2, 0.25) is 0 Å². The number of halogens is 2. The van der Waals surface area contributed by atoms with Gasteiger partial charge in [0.1, 0.15) is 0 Å². The molecular weight excluding hydrogens is 399 g/mol. The highest BCUT2D eigenvalue weighted by Crippen LogP contribution is 2.22. The summed E-state index contributed by atoms with van der Waals surface area (Å²) in [5.74, 6) is -0.170. The Bertz CT molecular complexity index is 955. The van der Waals surface area contributed by atoms with Crippen molar-refractivity contribution in [1.29, 1.82) is 0 Å². The molecule has 28 heavy (non-hydrogen) atoms. The largest absolute Gasteiger partial charge is 0.346 e. The van der Waals surface area contributed by atoms with Crippen LogP contribution in [0.3, 0.4) is 0 Å². The zero-order chi connectivity index (χ0) is 18.1. The lowest BCUT2D eigenvalue weighted by Crippen LogP contribution is -2.52. The first-order valence-electron chi connectivity index (χ1n) is 8.95. The molecule has 0 bridgehead atoms. The average Bonchev–Trinajstić information content (AvgIpc) is 3.04. The number of nitrogens with one attached hydrogen (secondary N) is 2. The second-order valence-electron chi connectivity index (χ2n) is 6.77. The average molecular weight is 423 g/mol.